The minimum Gasteiger partial charge on any atom is -0.382 e. The molecule has 2 atom stereocenters. The number of ether oxygens (including phenoxy) is 2. The van der Waals surface area contributed by atoms with E-state index in [1.807, 2.05) is 31.4 Å². The summed E-state index contributed by atoms with van der Waals surface area (Å²) in [7, 11) is 4.69. The SMILES string of the molecule is CCCCCOC(CCCSSSCCCC(OCCCCC)[SiH](C)C)[SiH](C)C. The van der Waals surface area contributed by atoms with E-state index in [2.05, 4.69) is 40.0 Å². The minimum absolute atomic E-state index is 0.583. The highest BCUT2D eigenvalue weighted by atomic mass is 33.5. The Labute approximate surface area is 198 Å². The smallest absolute Gasteiger partial charge is 0.0656 e. The van der Waals surface area contributed by atoms with Crippen molar-refractivity contribution in [2.45, 2.75) is 116 Å². The molecule has 2 unspecified atom stereocenters. The zero-order chi connectivity index (χ0) is 21.7. The predicted octanol–water partition coefficient (Wildman–Crippen LogP) is 7.78. The van der Waals surface area contributed by atoms with Crippen molar-refractivity contribution in [1.29, 1.82) is 0 Å². The summed E-state index contributed by atoms with van der Waals surface area (Å²) >= 11 is 0. The zero-order valence-electron chi connectivity index (χ0n) is 20.3. The molecule has 2 nitrogen and oxygen atoms in total. The highest BCUT2D eigenvalue weighted by Crippen LogP contribution is 2.36. The van der Waals surface area contributed by atoms with Gasteiger partial charge in [0.05, 0.1) is 17.6 Å². The first-order valence-electron chi connectivity index (χ1n) is 12.2. The second-order valence-corrected chi connectivity index (χ2v) is 19.7. The van der Waals surface area contributed by atoms with E-state index in [0.717, 1.165) is 13.2 Å². The molecule has 0 N–H and O–H groups in total. The lowest BCUT2D eigenvalue weighted by molar-refractivity contribution is 0.0932. The molecule has 29 heavy (non-hydrogen) atoms. The van der Waals surface area contributed by atoms with Crippen molar-refractivity contribution >= 4 is 49.0 Å². The van der Waals surface area contributed by atoms with Gasteiger partial charge in [-0.2, -0.15) is 0 Å². The summed E-state index contributed by atoms with van der Waals surface area (Å²) in [5, 5.41) is 0. The predicted molar refractivity (Wildman–Crippen MR) is 147 cm³/mol. The highest BCUT2D eigenvalue weighted by Gasteiger charge is 2.15. The van der Waals surface area contributed by atoms with E-state index in [4.69, 9.17) is 9.47 Å². The van der Waals surface area contributed by atoms with Crippen molar-refractivity contribution < 1.29 is 9.47 Å². The molecule has 0 saturated carbocycles. The normalized spacial score (nSPS) is 14.1. The molecular formula is C22H50O2S3Si2. The molecule has 0 saturated heterocycles. The van der Waals surface area contributed by atoms with Gasteiger partial charge in [-0.3, -0.25) is 0 Å². The Morgan fingerprint density at radius 2 is 1.03 bits per heavy atom. The molecule has 0 spiro atoms. The van der Waals surface area contributed by atoms with Crippen LogP contribution in [0.1, 0.15) is 78.1 Å². The Morgan fingerprint density at radius 1 is 0.621 bits per heavy atom. The lowest BCUT2D eigenvalue weighted by Crippen LogP contribution is -2.28. The second-order valence-electron chi connectivity index (χ2n) is 8.72. The van der Waals surface area contributed by atoms with E-state index in [1.165, 1.54) is 75.7 Å². The van der Waals surface area contributed by atoms with Crippen LogP contribution in [0.4, 0.5) is 0 Å². The summed E-state index contributed by atoms with van der Waals surface area (Å²) in [5.74, 6) is 2.52. The van der Waals surface area contributed by atoms with Crippen molar-refractivity contribution in [3.63, 3.8) is 0 Å². The van der Waals surface area contributed by atoms with Crippen LogP contribution in [0.15, 0.2) is 0 Å². The first-order chi connectivity index (χ1) is 14.0. The van der Waals surface area contributed by atoms with Gasteiger partial charge in [-0.05, 0) is 48.4 Å². The van der Waals surface area contributed by atoms with Crippen LogP contribution in [0.2, 0.25) is 26.2 Å². The molecule has 0 aromatic carbocycles. The lowest BCUT2D eigenvalue weighted by Gasteiger charge is -2.21. The van der Waals surface area contributed by atoms with Gasteiger partial charge >= 0.3 is 0 Å². The average Bonchev–Trinajstić information content (AvgIpc) is 2.69. The maximum absolute atomic E-state index is 6.18. The molecule has 7 heteroatoms. The molecule has 0 bridgehead atoms. The van der Waals surface area contributed by atoms with Crippen molar-refractivity contribution in [2.75, 3.05) is 24.7 Å². The fourth-order valence-electron chi connectivity index (χ4n) is 3.18. The number of hydrogen-bond acceptors (Lipinski definition) is 5. The highest BCUT2D eigenvalue weighted by molar-refractivity contribution is 9.09. The molecule has 0 amide bonds. The van der Waals surface area contributed by atoms with Crippen LogP contribution >= 0.6 is 31.4 Å². The van der Waals surface area contributed by atoms with Gasteiger partial charge in [0, 0.05) is 36.2 Å². The van der Waals surface area contributed by atoms with Crippen LogP contribution in [0.5, 0.6) is 0 Å². The average molecular weight is 499 g/mol. The van der Waals surface area contributed by atoms with Gasteiger partial charge in [-0.25, -0.2) is 0 Å². The summed E-state index contributed by atoms with van der Waals surface area (Å²) in [6.45, 7) is 16.2. The fraction of sp³-hybridized carbons (Fsp3) is 1.00. The summed E-state index contributed by atoms with van der Waals surface area (Å²) in [6, 6.07) is 0. The first-order valence-corrected chi connectivity index (χ1v) is 21.9. The topological polar surface area (TPSA) is 18.5 Å². The number of rotatable bonds is 22. The van der Waals surface area contributed by atoms with E-state index in [1.54, 1.807) is 0 Å². The third-order valence-electron chi connectivity index (χ3n) is 5.18. The summed E-state index contributed by atoms with van der Waals surface area (Å²) in [6.07, 6.45) is 12.8. The Bertz CT molecular complexity index is 307. The maximum atomic E-state index is 6.18. The molecule has 0 aliphatic carbocycles. The Kier molecular flexibility index (Phi) is 23.7. The van der Waals surface area contributed by atoms with E-state index in [9.17, 15) is 0 Å². The Balaban J connectivity index is 3.64. The molecule has 0 fully saturated rings. The molecule has 0 aromatic rings. The maximum Gasteiger partial charge on any atom is 0.0656 e. The molecule has 176 valence electrons. The van der Waals surface area contributed by atoms with Crippen LogP contribution in [-0.2, 0) is 9.47 Å². The van der Waals surface area contributed by atoms with E-state index >= 15 is 0 Å². The van der Waals surface area contributed by atoms with Gasteiger partial charge in [-0.1, -0.05) is 87.3 Å². The van der Waals surface area contributed by atoms with Crippen LogP contribution in [-0.4, -0.2) is 53.8 Å². The van der Waals surface area contributed by atoms with E-state index < -0.39 is 17.6 Å². The van der Waals surface area contributed by atoms with Crippen LogP contribution < -0.4 is 0 Å². The minimum atomic E-state index is -0.695. The van der Waals surface area contributed by atoms with Gasteiger partial charge < -0.3 is 9.47 Å². The van der Waals surface area contributed by atoms with E-state index in [0.29, 0.717) is 11.5 Å². The molecule has 0 aliphatic rings. The van der Waals surface area contributed by atoms with Gasteiger partial charge in [0.2, 0.25) is 0 Å². The standard InChI is InChI=1S/C22H50O2S3Si2/c1-7-9-11-17-23-21(28(3)4)15-13-19-25-27-26-20-14-16-22(29(5)6)24-18-12-10-8-2/h21-22,28-29H,7-20H2,1-6H3. The van der Waals surface area contributed by atoms with Gasteiger partial charge in [0.25, 0.3) is 0 Å². The summed E-state index contributed by atoms with van der Waals surface area (Å²) in [4.78, 5) is 0. The molecule has 0 aliphatic heterocycles. The van der Waals surface area contributed by atoms with Gasteiger partial charge in [0.1, 0.15) is 0 Å². The van der Waals surface area contributed by atoms with Gasteiger partial charge in [-0.15, -0.1) is 0 Å². The molecule has 0 heterocycles. The van der Waals surface area contributed by atoms with Crippen LogP contribution in [0.25, 0.3) is 0 Å². The molecule has 0 radical (unpaired) electrons. The molecule has 0 aromatic heterocycles. The van der Waals surface area contributed by atoms with E-state index in [-0.39, 0.29) is 0 Å². The van der Waals surface area contributed by atoms with Crippen LogP contribution in [0.3, 0.4) is 0 Å². The van der Waals surface area contributed by atoms with Crippen molar-refractivity contribution in [1.82, 2.24) is 0 Å². The first kappa shape index (κ1) is 30.4. The lowest BCUT2D eigenvalue weighted by atomic mass is 10.3. The zero-order valence-corrected chi connectivity index (χ0v) is 25.0. The monoisotopic (exact) mass is 498 g/mol. The third kappa shape index (κ3) is 19.8. The molecule has 0 rings (SSSR count). The summed E-state index contributed by atoms with van der Waals surface area (Å²) < 4.78 is 12.4. The fourth-order valence-corrected chi connectivity index (χ4v) is 9.96. The summed E-state index contributed by atoms with van der Waals surface area (Å²) in [5.41, 5.74) is 1.17. The second kappa shape index (κ2) is 22.6. The van der Waals surface area contributed by atoms with Crippen molar-refractivity contribution in [2.24, 2.45) is 0 Å². The number of unbranched alkanes of at least 4 members (excludes halogenated alkanes) is 4. The third-order valence-corrected chi connectivity index (χ3v) is 13.6. The molecular weight excluding hydrogens is 449 g/mol. The van der Waals surface area contributed by atoms with Crippen molar-refractivity contribution in [3.05, 3.63) is 0 Å². The number of hydrogen-bond donors (Lipinski definition) is 0. The largest absolute Gasteiger partial charge is 0.382 e. The Morgan fingerprint density at radius 3 is 1.38 bits per heavy atom. The Hall–Kier alpha value is 1.40. The van der Waals surface area contributed by atoms with Crippen molar-refractivity contribution in [3.8, 4) is 0 Å². The quantitative estimate of drug-likeness (QED) is 0.0859. The van der Waals surface area contributed by atoms with Gasteiger partial charge in [0.15, 0.2) is 0 Å². The van der Waals surface area contributed by atoms with Crippen LogP contribution in [0, 0.1) is 0 Å².